The van der Waals surface area contributed by atoms with Crippen molar-refractivity contribution in [2.45, 2.75) is 56.8 Å². The van der Waals surface area contributed by atoms with Crippen molar-refractivity contribution in [1.29, 1.82) is 0 Å². The maximum Gasteiger partial charge on any atom is 0.277 e. The van der Waals surface area contributed by atoms with Crippen LogP contribution in [0.3, 0.4) is 0 Å². The van der Waals surface area contributed by atoms with Gasteiger partial charge in [-0.3, -0.25) is 9.59 Å². The van der Waals surface area contributed by atoms with Crippen molar-refractivity contribution in [1.82, 2.24) is 25.2 Å². The van der Waals surface area contributed by atoms with E-state index in [0.717, 1.165) is 12.8 Å². The molecule has 0 aliphatic carbocycles. The van der Waals surface area contributed by atoms with Crippen LogP contribution < -0.4 is 10.9 Å². The van der Waals surface area contributed by atoms with E-state index in [1.54, 1.807) is 18.2 Å². The second-order valence-corrected chi connectivity index (χ2v) is 7.15. The van der Waals surface area contributed by atoms with Crippen LogP contribution in [-0.2, 0) is 11.3 Å². The van der Waals surface area contributed by atoms with Crippen LogP contribution in [0.25, 0.3) is 10.9 Å². The standard InChI is InChI=1S/C18H23N5O2/c1-22(14-10-12-6-7-13(11-14)19-12)17(24)8-9-23-18(25)15-4-2-3-5-16(15)20-21-23/h2-5,12-14,19H,6-11H2,1H3. The van der Waals surface area contributed by atoms with E-state index in [0.29, 0.717) is 29.0 Å². The summed E-state index contributed by atoms with van der Waals surface area (Å²) in [5.41, 5.74) is 0.387. The molecule has 2 aliphatic heterocycles. The van der Waals surface area contributed by atoms with Crippen molar-refractivity contribution in [3.05, 3.63) is 34.6 Å². The molecule has 1 aromatic heterocycles. The first-order valence-electron chi connectivity index (χ1n) is 8.96. The van der Waals surface area contributed by atoms with Crippen LogP contribution in [0, 0.1) is 0 Å². The van der Waals surface area contributed by atoms with Crippen LogP contribution in [-0.4, -0.2) is 51.0 Å². The Balaban J connectivity index is 1.42. The van der Waals surface area contributed by atoms with Gasteiger partial charge in [-0.1, -0.05) is 17.3 Å². The molecule has 132 valence electrons. The first kappa shape index (κ1) is 16.2. The van der Waals surface area contributed by atoms with Gasteiger partial charge in [0, 0.05) is 31.6 Å². The number of hydrogen-bond donors (Lipinski definition) is 1. The third-order valence-electron chi connectivity index (χ3n) is 5.56. The highest BCUT2D eigenvalue weighted by molar-refractivity contribution is 5.77. The number of carbonyl (C=O) groups is 1. The molecule has 2 aliphatic rings. The fourth-order valence-electron chi connectivity index (χ4n) is 4.09. The van der Waals surface area contributed by atoms with Crippen molar-refractivity contribution in [2.24, 2.45) is 0 Å². The minimum absolute atomic E-state index is 0.0631. The van der Waals surface area contributed by atoms with Gasteiger partial charge in [-0.25, -0.2) is 4.68 Å². The number of aryl methyl sites for hydroxylation is 1. The highest BCUT2D eigenvalue weighted by Crippen LogP contribution is 2.29. The van der Waals surface area contributed by atoms with Gasteiger partial charge >= 0.3 is 0 Å². The zero-order valence-electron chi connectivity index (χ0n) is 14.4. The Labute approximate surface area is 146 Å². The largest absolute Gasteiger partial charge is 0.343 e. The zero-order valence-corrected chi connectivity index (χ0v) is 14.4. The second-order valence-electron chi connectivity index (χ2n) is 7.15. The number of hydrogen-bond acceptors (Lipinski definition) is 5. The average Bonchev–Trinajstić information content (AvgIpc) is 2.98. The lowest BCUT2D eigenvalue weighted by Crippen LogP contribution is -2.49. The maximum atomic E-state index is 12.6. The van der Waals surface area contributed by atoms with Gasteiger partial charge in [0.25, 0.3) is 5.56 Å². The van der Waals surface area contributed by atoms with E-state index < -0.39 is 0 Å². The van der Waals surface area contributed by atoms with E-state index in [9.17, 15) is 9.59 Å². The Morgan fingerprint density at radius 2 is 2.00 bits per heavy atom. The first-order valence-corrected chi connectivity index (χ1v) is 8.96. The minimum atomic E-state index is -0.194. The van der Waals surface area contributed by atoms with Gasteiger partial charge in [0.1, 0.15) is 5.52 Å². The third kappa shape index (κ3) is 3.16. The summed E-state index contributed by atoms with van der Waals surface area (Å²) in [5.74, 6) is 0.0631. The van der Waals surface area contributed by atoms with Crippen LogP contribution in [0.4, 0.5) is 0 Å². The fourth-order valence-corrected chi connectivity index (χ4v) is 4.09. The molecule has 2 bridgehead atoms. The van der Waals surface area contributed by atoms with E-state index in [1.165, 1.54) is 17.5 Å². The van der Waals surface area contributed by atoms with Crippen LogP contribution >= 0.6 is 0 Å². The zero-order chi connectivity index (χ0) is 17.4. The molecule has 7 nitrogen and oxygen atoms in total. The van der Waals surface area contributed by atoms with Gasteiger partial charge in [0.15, 0.2) is 0 Å². The van der Waals surface area contributed by atoms with Crippen molar-refractivity contribution in [2.75, 3.05) is 7.05 Å². The predicted octanol–water partition coefficient (Wildman–Crippen LogP) is 0.923. The Hall–Kier alpha value is -2.28. The number of carbonyl (C=O) groups excluding carboxylic acids is 1. The number of piperidine rings is 1. The number of aromatic nitrogens is 3. The van der Waals surface area contributed by atoms with Crippen molar-refractivity contribution >= 4 is 16.8 Å². The molecular formula is C18H23N5O2. The predicted molar refractivity (Wildman–Crippen MR) is 94.2 cm³/mol. The highest BCUT2D eigenvalue weighted by atomic mass is 16.2. The molecule has 0 saturated carbocycles. The van der Waals surface area contributed by atoms with E-state index in [2.05, 4.69) is 15.6 Å². The Morgan fingerprint density at radius 3 is 2.76 bits per heavy atom. The molecule has 2 aromatic rings. The molecule has 25 heavy (non-hydrogen) atoms. The van der Waals surface area contributed by atoms with Crippen LogP contribution in [0.1, 0.15) is 32.1 Å². The molecular weight excluding hydrogens is 318 g/mol. The van der Waals surface area contributed by atoms with E-state index >= 15 is 0 Å². The molecule has 0 spiro atoms. The molecule has 2 unspecified atom stereocenters. The van der Waals surface area contributed by atoms with Gasteiger partial charge in [0.2, 0.25) is 5.91 Å². The summed E-state index contributed by atoms with van der Waals surface area (Å²) in [7, 11) is 1.88. The molecule has 1 aromatic carbocycles. The monoisotopic (exact) mass is 341 g/mol. The summed E-state index contributed by atoms with van der Waals surface area (Å²) < 4.78 is 1.29. The number of fused-ring (bicyclic) bond motifs is 3. The van der Waals surface area contributed by atoms with Gasteiger partial charge < -0.3 is 10.2 Å². The molecule has 2 atom stereocenters. The molecule has 4 rings (SSSR count). The van der Waals surface area contributed by atoms with Crippen LogP contribution in [0.15, 0.2) is 29.1 Å². The minimum Gasteiger partial charge on any atom is -0.343 e. The van der Waals surface area contributed by atoms with Gasteiger partial charge in [0.05, 0.1) is 11.9 Å². The lowest BCUT2D eigenvalue weighted by molar-refractivity contribution is -0.133. The fraction of sp³-hybridized carbons (Fsp3) is 0.556. The van der Waals surface area contributed by atoms with Gasteiger partial charge in [-0.15, -0.1) is 5.10 Å². The molecule has 2 fully saturated rings. The summed E-state index contributed by atoms with van der Waals surface area (Å²) in [6.45, 7) is 0.262. The van der Waals surface area contributed by atoms with Crippen molar-refractivity contribution in [3.8, 4) is 0 Å². The molecule has 3 heterocycles. The Morgan fingerprint density at radius 1 is 1.28 bits per heavy atom. The molecule has 1 N–H and O–H groups in total. The molecule has 7 heteroatoms. The summed E-state index contributed by atoms with van der Waals surface area (Å²) >= 11 is 0. The number of nitrogens with zero attached hydrogens (tertiary/aromatic N) is 4. The summed E-state index contributed by atoms with van der Waals surface area (Å²) in [6, 6.07) is 8.53. The molecule has 2 saturated heterocycles. The van der Waals surface area contributed by atoms with E-state index in [-0.39, 0.29) is 24.4 Å². The van der Waals surface area contributed by atoms with Crippen LogP contribution in [0.2, 0.25) is 0 Å². The number of amides is 1. The van der Waals surface area contributed by atoms with Gasteiger partial charge in [-0.05, 0) is 37.8 Å². The number of rotatable bonds is 4. The SMILES string of the molecule is CN(C(=O)CCn1nnc2ccccc2c1=O)C1CC2CCC(C1)N2. The lowest BCUT2D eigenvalue weighted by Gasteiger charge is -2.35. The van der Waals surface area contributed by atoms with Gasteiger partial charge in [-0.2, -0.15) is 0 Å². The second kappa shape index (κ2) is 6.55. The maximum absolute atomic E-state index is 12.6. The summed E-state index contributed by atoms with van der Waals surface area (Å²) in [6.07, 6.45) is 4.74. The number of benzene rings is 1. The van der Waals surface area contributed by atoms with E-state index in [1.807, 2.05) is 18.0 Å². The van der Waals surface area contributed by atoms with Crippen molar-refractivity contribution < 1.29 is 4.79 Å². The molecule has 1 amide bonds. The highest BCUT2D eigenvalue weighted by Gasteiger charge is 2.36. The summed E-state index contributed by atoms with van der Waals surface area (Å²) in [4.78, 5) is 26.9. The van der Waals surface area contributed by atoms with Crippen LogP contribution in [0.5, 0.6) is 0 Å². The third-order valence-corrected chi connectivity index (χ3v) is 5.56. The average molecular weight is 341 g/mol. The topological polar surface area (TPSA) is 80.1 Å². The lowest BCUT2D eigenvalue weighted by atomic mass is 9.98. The normalized spacial score (nSPS) is 25.2. The smallest absolute Gasteiger partial charge is 0.277 e. The molecule has 0 radical (unpaired) electrons. The summed E-state index contributed by atoms with van der Waals surface area (Å²) in [5, 5.41) is 12.2. The Bertz CT molecular complexity index is 837. The quantitative estimate of drug-likeness (QED) is 0.895. The van der Waals surface area contributed by atoms with Crippen molar-refractivity contribution in [3.63, 3.8) is 0 Å². The first-order chi connectivity index (χ1) is 12.1. The van der Waals surface area contributed by atoms with E-state index in [4.69, 9.17) is 0 Å². The Kier molecular flexibility index (Phi) is 4.25. The number of nitrogens with one attached hydrogen (secondary N) is 1.